The van der Waals surface area contributed by atoms with Crippen molar-refractivity contribution in [3.8, 4) is 0 Å². The molecule has 1 saturated carbocycles. The highest BCUT2D eigenvalue weighted by Crippen LogP contribution is 2.48. The third-order valence-corrected chi connectivity index (χ3v) is 5.36. The third kappa shape index (κ3) is 2.80. The fraction of sp³-hybridized carbons (Fsp3) is 0.556. The third-order valence-electron chi connectivity index (χ3n) is 5.36. The summed E-state index contributed by atoms with van der Waals surface area (Å²) >= 11 is 0. The number of nitrogens with one attached hydrogen (secondary N) is 1. The molecular weight excluding hydrogens is 292 g/mol. The van der Waals surface area contributed by atoms with Crippen LogP contribution in [0, 0.1) is 11.3 Å². The molecule has 0 spiro atoms. The number of aryl methyl sites for hydroxylation is 1. The van der Waals surface area contributed by atoms with Gasteiger partial charge in [0.05, 0.1) is 5.41 Å². The number of urea groups is 1. The molecule has 0 unspecified atom stereocenters. The fourth-order valence-electron chi connectivity index (χ4n) is 4.12. The minimum atomic E-state index is -0.748. The molecule has 124 valence electrons. The van der Waals surface area contributed by atoms with Crippen LogP contribution in [-0.4, -0.2) is 35.1 Å². The summed E-state index contributed by atoms with van der Waals surface area (Å²) in [6.45, 7) is 2.99. The van der Waals surface area contributed by atoms with Crippen molar-refractivity contribution >= 4 is 17.7 Å². The number of carbonyl (C=O) groups excluding carboxylic acids is 1. The van der Waals surface area contributed by atoms with Crippen molar-refractivity contribution in [1.29, 1.82) is 0 Å². The number of nitrogens with zero attached hydrogens (tertiary/aromatic N) is 1. The largest absolute Gasteiger partial charge is 0.481 e. The lowest BCUT2D eigenvalue weighted by Gasteiger charge is -2.23. The SMILES string of the molecule is CCCc1ccccc1NC(=O)N1C[C@@H]2CCC[C@@]2(C(=O)O)C1. The minimum absolute atomic E-state index is 0.0941. The lowest BCUT2D eigenvalue weighted by atomic mass is 9.81. The highest BCUT2D eigenvalue weighted by Gasteiger charge is 2.55. The number of carbonyl (C=O) groups is 2. The number of aliphatic carboxylic acids is 1. The summed E-state index contributed by atoms with van der Waals surface area (Å²) in [6.07, 6.45) is 4.47. The molecule has 2 atom stereocenters. The zero-order valence-electron chi connectivity index (χ0n) is 13.5. The highest BCUT2D eigenvalue weighted by molar-refractivity contribution is 5.91. The molecule has 0 radical (unpaired) electrons. The maximum absolute atomic E-state index is 12.6. The number of hydrogen-bond donors (Lipinski definition) is 2. The summed E-state index contributed by atoms with van der Waals surface area (Å²) in [6, 6.07) is 7.64. The molecule has 23 heavy (non-hydrogen) atoms. The quantitative estimate of drug-likeness (QED) is 0.895. The van der Waals surface area contributed by atoms with E-state index in [4.69, 9.17) is 0 Å². The molecule has 1 aromatic carbocycles. The summed E-state index contributed by atoms with van der Waals surface area (Å²) in [5.41, 5.74) is 1.23. The zero-order valence-corrected chi connectivity index (χ0v) is 13.5. The predicted octanol–water partition coefficient (Wildman–Crippen LogP) is 3.36. The van der Waals surface area contributed by atoms with Crippen LogP contribution in [0.1, 0.15) is 38.2 Å². The Hall–Kier alpha value is -2.04. The van der Waals surface area contributed by atoms with Crippen molar-refractivity contribution in [3.05, 3.63) is 29.8 Å². The Morgan fingerprint density at radius 1 is 1.39 bits per heavy atom. The average Bonchev–Trinajstić information content (AvgIpc) is 3.07. The Balaban J connectivity index is 1.72. The van der Waals surface area contributed by atoms with Crippen molar-refractivity contribution < 1.29 is 14.7 Å². The van der Waals surface area contributed by atoms with Crippen molar-refractivity contribution in [2.24, 2.45) is 11.3 Å². The topological polar surface area (TPSA) is 69.6 Å². The fourth-order valence-corrected chi connectivity index (χ4v) is 4.12. The second-order valence-electron chi connectivity index (χ2n) is 6.77. The number of carboxylic acids is 1. The smallest absolute Gasteiger partial charge is 0.321 e. The van der Waals surface area contributed by atoms with Gasteiger partial charge >= 0.3 is 12.0 Å². The number of benzene rings is 1. The summed E-state index contributed by atoms with van der Waals surface area (Å²) in [4.78, 5) is 26.0. The molecule has 2 N–H and O–H groups in total. The van der Waals surface area contributed by atoms with Crippen LogP contribution in [0.5, 0.6) is 0 Å². The second kappa shape index (κ2) is 6.22. The first-order chi connectivity index (χ1) is 11.1. The van der Waals surface area contributed by atoms with Crippen LogP contribution in [0.3, 0.4) is 0 Å². The van der Waals surface area contributed by atoms with Gasteiger partial charge in [-0.05, 0) is 36.8 Å². The number of amides is 2. The lowest BCUT2D eigenvalue weighted by molar-refractivity contribution is -0.149. The number of anilines is 1. The number of hydrogen-bond acceptors (Lipinski definition) is 2. The van der Waals surface area contributed by atoms with Gasteiger partial charge in [-0.3, -0.25) is 4.79 Å². The lowest BCUT2D eigenvalue weighted by Crippen LogP contribution is -2.38. The molecule has 1 aliphatic heterocycles. The van der Waals surface area contributed by atoms with Gasteiger partial charge in [-0.25, -0.2) is 4.79 Å². The maximum atomic E-state index is 12.6. The Labute approximate surface area is 136 Å². The van der Waals surface area contributed by atoms with Crippen LogP contribution >= 0.6 is 0 Å². The molecule has 5 heteroatoms. The van der Waals surface area contributed by atoms with Gasteiger partial charge in [0.1, 0.15) is 0 Å². The average molecular weight is 316 g/mol. The molecule has 1 aliphatic carbocycles. The van der Waals surface area contributed by atoms with Gasteiger partial charge in [-0.2, -0.15) is 0 Å². The van der Waals surface area contributed by atoms with Crippen LogP contribution in [-0.2, 0) is 11.2 Å². The van der Waals surface area contributed by atoms with E-state index in [-0.39, 0.29) is 11.9 Å². The van der Waals surface area contributed by atoms with Crippen LogP contribution in [0.25, 0.3) is 0 Å². The summed E-state index contributed by atoms with van der Waals surface area (Å²) in [5.74, 6) is -0.654. The van der Waals surface area contributed by atoms with Gasteiger partial charge in [0.2, 0.25) is 0 Å². The van der Waals surface area contributed by atoms with E-state index >= 15 is 0 Å². The number of carboxylic acid groups (broad SMARTS) is 1. The minimum Gasteiger partial charge on any atom is -0.481 e. The van der Waals surface area contributed by atoms with E-state index in [0.717, 1.165) is 36.9 Å². The second-order valence-corrected chi connectivity index (χ2v) is 6.77. The number of fused-ring (bicyclic) bond motifs is 1. The molecular formula is C18H24N2O3. The van der Waals surface area contributed by atoms with Crippen molar-refractivity contribution in [3.63, 3.8) is 0 Å². The standard InChI is InChI=1S/C18H24N2O3/c1-2-6-13-7-3-4-9-15(13)19-17(23)20-11-14-8-5-10-18(14,12-20)16(21)22/h3-4,7,9,14H,2,5-6,8,10-12H2,1H3,(H,19,23)(H,21,22)/t14-,18+/m0/s1. The molecule has 2 aliphatic rings. The molecule has 2 amide bonds. The Morgan fingerprint density at radius 3 is 2.87 bits per heavy atom. The molecule has 2 fully saturated rings. The molecule has 1 heterocycles. The van der Waals surface area contributed by atoms with Gasteiger partial charge in [-0.15, -0.1) is 0 Å². The van der Waals surface area contributed by atoms with E-state index in [1.807, 2.05) is 24.3 Å². The monoisotopic (exact) mass is 316 g/mol. The summed E-state index contributed by atoms with van der Waals surface area (Å²) < 4.78 is 0. The van der Waals surface area contributed by atoms with Crippen LogP contribution < -0.4 is 5.32 Å². The molecule has 0 aromatic heterocycles. The Bertz CT molecular complexity index is 616. The number of para-hydroxylation sites is 1. The maximum Gasteiger partial charge on any atom is 0.321 e. The summed E-state index contributed by atoms with van der Waals surface area (Å²) in [5, 5.41) is 12.6. The first-order valence-electron chi connectivity index (χ1n) is 8.44. The van der Waals surface area contributed by atoms with Gasteiger partial charge in [-0.1, -0.05) is 38.0 Å². The van der Waals surface area contributed by atoms with E-state index in [2.05, 4.69) is 12.2 Å². The van der Waals surface area contributed by atoms with E-state index in [9.17, 15) is 14.7 Å². The van der Waals surface area contributed by atoms with E-state index in [0.29, 0.717) is 19.5 Å². The van der Waals surface area contributed by atoms with Crippen LogP contribution in [0.15, 0.2) is 24.3 Å². The number of likely N-dealkylation sites (tertiary alicyclic amines) is 1. The molecule has 1 saturated heterocycles. The van der Waals surface area contributed by atoms with Gasteiger partial charge in [0.25, 0.3) is 0 Å². The van der Waals surface area contributed by atoms with Crippen molar-refractivity contribution in [2.75, 3.05) is 18.4 Å². The Kier molecular flexibility index (Phi) is 4.28. The number of rotatable bonds is 4. The van der Waals surface area contributed by atoms with Crippen LogP contribution in [0.4, 0.5) is 10.5 Å². The first kappa shape index (κ1) is 15.8. The first-order valence-corrected chi connectivity index (χ1v) is 8.44. The van der Waals surface area contributed by atoms with E-state index < -0.39 is 11.4 Å². The molecule has 3 rings (SSSR count). The highest BCUT2D eigenvalue weighted by atomic mass is 16.4. The summed E-state index contributed by atoms with van der Waals surface area (Å²) in [7, 11) is 0. The van der Waals surface area contributed by atoms with Gasteiger partial charge in [0, 0.05) is 18.8 Å². The van der Waals surface area contributed by atoms with E-state index in [1.54, 1.807) is 4.90 Å². The van der Waals surface area contributed by atoms with Gasteiger partial charge in [0.15, 0.2) is 0 Å². The van der Waals surface area contributed by atoms with Crippen LogP contribution in [0.2, 0.25) is 0 Å². The zero-order chi connectivity index (χ0) is 16.4. The Morgan fingerprint density at radius 2 is 2.17 bits per heavy atom. The molecule has 0 bridgehead atoms. The van der Waals surface area contributed by atoms with Gasteiger partial charge < -0.3 is 15.3 Å². The normalized spacial score (nSPS) is 26.1. The van der Waals surface area contributed by atoms with Crippen molar-refractivity contribution in [2.45, 2.75) is 39.0 Å². The molecule has 1 aromatic rings. The van der Waals surface area contributed by atoms with Crippen molar-refractivity contribution in [1.82, 2.24) is 4.90 Å². The predicted molar refractivity (Wildman–Crippen MR) is 88.4 cm³/mol. The van der Waals surface area contributed by atoms with E-state index in [1.165, 1.54) is 0 Å². The molecule has 5 nitrogen and oxygen atoms in total.